The fourth-order valence-electron chi connectivity index (χ4n) is 2.49. The van der Waals surface area contributed by atoms with Crippen molar-refractivity contribution in [3.05, 3.63) is 0 Å². The molecule has 0 heterocycles. The highest BCUT2D eigenvalue weighted by atomic mass is 19.4. The Labute approximate surface area is 117 Å². The van der Waals surface area contributed by atoms with Gasteiger partial charge in [0.2, 0.25) is 0 Å². The van der Waals surface area contributed by atoms with E-state index >= 15 is 0 Å². The van der Waals surface area contributed by atoms with Crippen LogP contribution < -0.4 is 0 Å². The molecule has 1 atom stereocenters. The van der Waals surface area contributed by atoms with Crippen molar-refractivity contribution in [2.45, 2.75) is 63.1 Å². The first kappa shape index (κ1) is 18.1. The van der Waals surface area contributed by atoms with Crippen LogP contribution in [-0.2, 0) is 9.53 Å². The third-order valence-corrected chi connectivity index (χ3v) is 3.65. The number of esters is 1. The smallest absolute Gasteiger partial charge is 0.430 e. The minimum Gasteiger partial charge on any atom is -0.458 e. The number of rotatable bonds is 4. The van der Waals surface area contributed by atoms with Crippen LogP contribution in [0.25, 0.3) is 0 Å². The van der Waals surface area contributed by atoms with Gasteiger partial charge in [-0.25, -0.2) is 0 Å². The molecule has 1 aliphatic rings. The number of hydrogen-bond donors (Lipinski definition) is 1. The van der Waals surface area contributed by atoms with E-state index in [1.807, 2.05) is 0 Å². The van der Waals surface area contributed by atoms with Crippen molar-refractivity contribution in [1.29, 1.82) is 0 Å². The van der Waals surface area contributed by atoms with Crippen LogP contribution in [0.2, 0.25) is 0 Å². The summed E-state index contributed by atoms with van der Waals surface area (Å²) >= 11 is 0. The molecule has 124 valence electrons. The molecule has 0 aromatic rings. The first-order valence-corrected chi connectivity index (χ1v) is 6.50. The number of halogens is 6. The van der Waals surface area contributed by atoms with E-state index in [2.05, 4.69) is 4.74 Å². The van der Waals surface area contributed by atoms with Gasteiger partial charge in [-0.3, -0.25) is 4.79 Å². The van der Waals surface area contributed by atoms with Crippen LogP contribution in [0.1, 0.15) is 39.0 Å². The van der Waals surface area contributed by atoms with Gasteiger partial charge in [-0.2, -0.15) is 26.3 Å². The highest BCUT2D eigenvalue weighted by Gasteiger charge is 2.76. The van der Waals surface area contributed by atoms with E-state index in [9.17, 15) is 36.2 Å². The van der Waals surface area contributed by atoms with E-state index < -0.39 is 35.9 Å². The second-order valence-corrected chi connectivity index (χ2v) is 5.07. The van der Waals surface area contributed by atoms with Gasteiger partial charge < -0.3 is 9.84 Å². The van der Waals surface area contributed by atoms with Crippen LogP contribution >= 0.6 is 0 Å². The van der Waals surface area contributed by atoms with Crippen LogP contribution in [0, 0.1) is 5.92 Å². The van der Waals surface area contributed by atoms with Crippen LogP contribution in [0.15, 0.2) is 0 Å². The Bertz CT molecular complexity index is 356. The molecule has 0 saturated heterocycles. The lowest BCUT2D eigenvalue weighted by molar-refractivity contribution is -0.395. The van der Waals surface area contributed by atoms with E-state index in [1.165, 1.54) is 6.92 Å². The molecule has 1 rings (SSSR count). The highest BCUT2D eigenvalue weighted by Crippen LogP contribution is 2.50. The molecule has 1 N–H and O–H groups in total. The zero-order chi connectivity index (χ0) is 16.5. The molecule has 0 bridgehead atoms. The average molecular weight is 322 g/mol. The summed E-state index contributed by atoms with van der Waals surface area (Å²) in [5, 5.41) is 9.42. The van der Waals surface area contributed by atoms with Gasteiger partial charge in [-0.15, -0.1) is 0 Å². The van der Waals surface area contributed by atoms with Crippen molar-refractivity contribution in [3.8, 4) is 0 Å². The van der Waals surface area contributed by atoms with Crippen molar-refractivity contribution in [3.63, 3.8) is 0 Å². The normalized spacial score (nSPS) is 19.6. The van der Waals surface area contributed by atoms with Gasteiger partial charge in [0.1, 0.15) is 0 Å². The van der Waals surface area contributed by atoms with E-state index in [-0.39, 0.29) is 19.3 Å². The topological polar surface area (TPSA) is 46.5 Å². The number of hydrogen-bond acceptors (Lipinski definition) is 3. The molecule has 1 aliphatic carbocycles. The van der Waals surface area contributed by atoms with Crippen molar-refractivity contribution in [2.75, 3.05) is 0 Å². The first-order valence-electron chi connectivity index (χ1n) is 6.50. The number of carbonyl (C=O) groups is 1. The molecule has 21 heavy (non-hydrogen) atoms. The number of aliphatic hydroxyl groups is 1. The average Bonchev–Trinajstić information content (AvgIpc) is 2.85. The first-order chi connectivity index (χ1) is 9.45. The minimum atomic E-state index is -5.99. The lowest BCUT2D eigenvalue weighted by atomic mass is 9.84. The minimum absolute atomic E-state index is 0.0378. The molecule has 0 amide bonds. The molecule has 1 saturated carbocycles. The second-order valence-electron chi connectivity index (χ2n) is 5.07. The van der Waals surface area contributed by atoms with E-state index in [0.29, 0.717) is 12.8 Å². The third-order valence-electron chi connectivity index (χ3n) is 3.65. The van der Waals surface area contributed by atoms with Gasteiger partial charge in [0.25, 0.3) is 5.60 Å². The lowest BCUT2D eigenvalue weighted by Crippen LogP contribution is -2.66. The molecule has 1 fully saturated rings. The monoisotopic (exact) mass is 322 g/mol. The van der Waals surface area contributed by atoms with Crippen LogP contribution in [0.5, 0.6) is 0 Å². The van der Waals surface area contributed by atoms with E-state index in [4.69, 9.17) is 0 Å². The van der Waals surface area contributed by atoms with Gasteiger partial charge in [0.05, 0.1) is 0 Å². The summed E-state index contributed by atoms with van der Waals surface area (Å²) < 4.78 is 81.8. The Hall–Kier alpha value is -0.990. The molecule has 1 unspecified atom stereocenters. The molecule has 9 heteroatoms. The molecule has 0 aliphatic heterocycles. The Morgan fingerprint density at radius 2 is 1.57 bits per heavy atom. The SMILES string of the molecule is CCC(=O)OC(C1CCCC1)C(O)(C(F)(F)F)C(F)(F)F. The van der Waals surface area contributed by atoms with Crippen molar-refractivity contribution in [1.82, 2.24) is 0 Å². The summed E-state index contributed by atoms with van der Waals surface area (Å²) in [5.41, 5.74) is -5.06. The second kappa shape index (κ2) is 6.02. The summed E-state index contributed by atoms with van der Waals surface area (Å²) in [6, 6.07) is 0. The molecular formula is C12H16F6O3. The van der Waals surface area contributed by atoms with Gasteiger partial charge in [-0.1, -0.05) is 19.8 Å². The van der Waals surface area contributed by atoms with Crippen molar-refractivity contribution < 1.29 is 41.0 Å². The largest absolute Gasteiger partial charge is 0.458 e. The number of alkyl halides is 6. The Balaban J connectivity index is 3.26. The predicted molar refractivity (Wildman–Crippen MR) is 59.2 cm³/mol. The highest BCUT2D eigenvalue weighted by molar-refractivity contribution is 5.69. The maximum atomic E-state index is 12.9. The third kappa shape index (κ3) is 3.44. The molecular weight excluding hydrogens is 306 g/mol. The maximum absolute atomic E-state index is 12.9. The summed E-state index contributed by atoms with van der Waals surface area (Å²) in [4.78, 5) is 11.2. The van der Waals surface area contributed by atoms with Crippen LogP contribution in [-0.4, -0.2) is 35.1 Å². The van der Waals surface area contributed by atoms with Crippen LogP contribution in [0.3, 0.4) is 0 Å². The molecule has 0 radical (unpaired) electrons. The van der Waals surface area contributed by atoms with E-state index in [0.717, 1.165) is 0 Å². The van der Waals surface area contributed by atoms with Crippen LogP contribution in [0.4, 0.5) is 26.3 Å². The maximum Gasteiger partial charge on any atom is 0.430 e. The summed E-state index contributed by atoms with van der Waals surface area (Å²) in [5.74, 6) is -2.38. The Morgan fingerprint density at radius 3 is 1.90 bits per heavy atom. The number of ether oxygens (including phenoxy) is 1. The predicted octanol–water partition coefficient (Wildman–Crippen LogP) is 3.35. The van der Waals surface area contributed by atoms with Gasteiger partial charge >= 0.3 is 18.3 Å². The number of carbonyl (C=O) groups excluding carboxylic acids is 1. The summed E-state index contributed by atoms with van der Waals surface area (Å²) in [6.07, 6.45) is -14.1. The molecule has 0 spiro atoms. The fourth-order valence-corrected chi connectivity index (χ4v) is 2.49. The molecule has 0 aromatic carbocycles. The van der Waals surface area contributed by atoms with Gasteiger partial charge in [-0.05, 0) is 18.8 Å². The van der Waals surface area contributed by atoms with E-state index in [1.54, 1.807) is 0 Å². The Morgan fingerprint density at radius 1 is 1.14 bits per heavy atom. The van der Waals surface area contributed by atoms with Crippen molar-refractivity contribution in [2.24, 2.45) is 5.92 Å². The Kier molecular flexibility index (Phi) is 5.18. The molecule has 3 nitrogen and oxygen atoms in total. The molecule has 0 aromatic heterocycles. The van der Waals surface area contributed by atoms with Gasteiger partial charge in [0, 0.05) is 6.42 Å². The van der Waals surface area contributed by atoms with Crippen molar-refractivity contribution >= 4 is 5.97 Å². The quantitative estimate of drug-likeness (QED) is 0.638. The zero-order valence-electron chi connectivity index (χ0n) is 11.2. The lowest BCUT2D eigenvalue weighted by Gasteiger charge is -2.40. The van der Waals surface area contributed by atoms with Gasteiger partial charge in [0.15, 0.2) is 6.10 Å². The summed E-state index contributed by atoms with van der Waals surface area (Å²) in [6.45, 7) is 1.24. The fraction of sp³-hybridized carbons (Fsp3) is 0.917. The zero-order valence-corrected chi connectivity index (χ0v) is 11.2. The summed E-state index contributed by atoms with van der Waals surface area (Å²) in [7, 11) is 0. The standard InChI is InChI=1S/C12H16F6O3/c1-2-8(19)21-9(7-5-3-4-6-7)10(20,11(13,14)15)12(16,17)18/h7,9,20H,2-6H2,1H3.